The molecule has 8 nitrogen and oxygen atoms in total. The van der Waals surface area contributed by atoms with Gasteiger partial charge in [0.1, 0.15) is 12.2 Å². The summed E-state index contributed by atoms with van der Waals surface area (Å²) in [5.74, 6) is -1.09. The molecule has 2 amide bonds. The van der Waals surface area contributed by atoms with Crippen LogP contribution in [0.2, 0.25) is 0 Å². The normalized spacial score (nSPS) is 23.7. The summed E-state index contributed by atoms with van der Waals surface area (Å²) in [7, 11) is 0. The lowest BCUT2D eigenvalue weighted by Crippen LogP contribution is -2.55. The number of amides is 2. The van der Waals surface area contributed by atoms with Crippen molar-refractivity contribution in [2.75, 3.05) is 0 Å². The van der Waals surface area contributed by atoms with Crippen LogP contribution in [0.15, 0.2) is 42.5 Å². The van der Waals surface area contributed by atoms with Crippen LogP contribution in [0.5, 0.6) is 0 Å². The molecule has 1 aliphatic rings. The van der Waals surface area contributed by atoms with Crippen molar-refractivity contribution < 1.29 is 29.0 Å². The predicted octanol–water partition coefficient (Wildman–Crippen LogP) is 3.23. The molecule has 2 rings (SSSR count). The van der Waals surface area contributed by atoms with Crippen LogP contribution in [0.3, 0.4) is 0 Å². The fourth-order valence-corrected chi connectivity index (χ4v) is 2.99. The standard InChI is InChI=1S/C21H28N2O6/c1-20(2,3)29-19(27)22-15-10-11-16(21(4,12-15)17(24)25)23-18(26)28-13-14-8-6-5-7-9-14/h5-11,15-16H,12-13H2,1-4H3,(H,22,27)(H,23,26)(H,24,25)/t15-,16-,21-/m1/s1. The molecule has 0 bridgehead atoms. The predicted molar refractivity (Wildman–Crippen MR) is 106 cm³/mol. The van der Waals surface area contributed by atoms with Crippen molar-refractivity contribution in [1.29, 1.82) is 0 Å². The highest BCUT2D eigenvalue weighted by molar-refractivity contribution is 5.78. The third-order valence-electron chi connectivity index (χ3n) is 4.54. The minimum Gasteiger partial charge on any atom is -0.481 e. The zero-order valence-electron chi connectivity index (χ0n) is 17.1. The summed E-state index contributed by atoms with van der Waals surface area (Å²) < 4.78 is 10.4. The van der Waals surface area contributed by atoms with Crippen molar-refractivity contribution >= 4 is 18.2 Å². The second kappa shape index (κ2) is 8.98. The maximum absolute atomic E-state index is 12.2. The fourth-order valence-electron chi connectivity index (χ4n) is 2.99. The highest BCUT2D eigenvalue weighted by atomic mass is 16.6. The highest BCUT2D eigenvalue weighted by Crippen LogP contribution is 2.33. The summed E-state index contributed by atoms with van der Waals surface area (Å²) in [6.45, 7) is 6.82. The van der Waals surface area contributed by atoms with Gasteiger partial charge in [-0.1, -0.05) is 42.5 Å². The molecule has 8 heteroatoms. The van der Waals surface area contributed by atoms with Crippen molar-refractivity contribution in [2.24, 2.45) is 5.41 Å². The van der Waals surface area contributed by atoms with E-state index in [4.69, 9.17) is 9.47 Å². The lowest BCUT2D eigenvalue weighted by atomic mass is 9.73. The van der Waals surface area contributed by atoms with Crippen molar-refractivity contribution in [3.8, 4) is 0 Å². The average molecular weight is 404 g/mol. The van der Waals surface area contributed by atoms with Crippen LogP contribution in [-0.4, -0.2) is 40.9 Å². The number of hydrogen-bond donors (Lipinski definition) is 3. The van der Waals surface area contributed by atoms with Gasteiger partial charge in [-0.2, -0.15) is 0 Å². The van der Waals surface area contributed by atoms with E-state index >= 15 is 0 Å². The van der Waals surface area contributed by atoms with Gasteiger partial charge in [0.05, 0.1) is 17.5 Å². The Morgan fingerprint density at radius 1 is 1.10 bits per heavy atom. The SMILES string of the molecule is CC(C)(C)OC(=O)N[C@@H]1C=C[C@@H](NC(=O)OCc2ccccc2)[C@](C)(C(=O)O)C1. The molecule has 1 aliphatic carbocycles. The second-order valence-electron chi connectivity index (χ2n) is 8.25. The molecule has 0 spiro atoms. The topological polar surface area (TPSA) is 114 Å². The molecule has 0 radical (unpaired) electrons. The Kier molecular flexibility index (Phi) is 6.89. The van der Waals surface area contributed by atoms with Gasteiger partial charge in [-0.05, 0) is 39.7 Å². The van der Waals surface area contributed by atoms with Gasteiger partial charge in [0.15, 0.2) is 0 Å². The van der Waals surface area contributed by atoms with Crippen LogP contribution in [-0.2, 0) is 20.9 Å². The van der Waals surface area contributed by atoms with E-state index in [0.29, 0.717) is 0 Å². The number of carbonyl (C=O) groups is 3. The van der Waals surface area contributed by atoms with E-state index in [1.165, 1.54) is 6.92 Å². The van der Waals surface area contributed by atoms with E-state index < -0.39 is 41.3 Å². The number of benzene rings is 1. The molecule has 0 saturated heterocycles. The molecule has 158 valence electrons. The Labute approximate surface area is 170 Å². The minimum absolute atomic E-state index is 0.0791. The van der Waals surface area contributed by atoms with E-state index in [2.05, 4.69) is 10.6 Å². The highest BCUT2D eigenvalue weighted by Gasteiger charge is 2.45. The van der Waals surface area contributed by atoms with Crippen LogP contribution in [0, 0.1) is 5.41 Å². The number of rotatable bonds is 5. The number of nitrogens with one attached hydrogen (secondary N) is 2. The Morgan fingerprint density at radius 3 is 2.34 bits per heavy atom. The number of carboxylic acids is 1. The van der Waals surface area contributed by atoms with Gasteiger partial charge >= 0.3 is 18.2 Å². The molecule has 0 unspecified atom stereocenters. The number of carboxylic acid groups (broad SMARTS) is 1. The van der Waals surface area contributed by atoms with E-state index in [1.54, 1.807) is 32.9 Å². The van der Waals surface area contributed by atoms with Gasteiger partial charge in [-0.25, -0.2) is 9.59 Å². The summed E-state index contributed by atoms with van der Waals surface area (Å²) in [5, 5.41) is 15.0. The number of carbonyl (C=O) groups excluding carboxylic acids is 2. The van der Waals surface area contributed by atoms with Crippen LogP contribution < -0.4 is 10.6 Å². The fraction of sp³-hybridized carbons (Fsp3) is 0.476. The van der Waals surface area contributed by atoms with Gasteiger partial charge in [-0.3, -0.25) is 4.79 Å². The summed E-state index contributed by atoms with van der Waals surface area (Å²) in [6, 6.07) is 7.84. The first-order valence-electron chi connectivity index (χ1n) is 9.38. The zero-order valence-corrected chi connectivity index (χ0v) is 17.1. The molecule has 0 fully saturated rings. The van der Waals surface area contributed by atoms with Crippen LogP contribution in [0.1, 0.15) is 39.7 Å². The first-order valence-corrected chi connectivity index (χ1v) is 9.38. The van der Waals surface area contributed by atoms with E-state index in [-0.39, 0.29) is 13.0 Å². The van der Waals surface area contributed by atoms with Crippen molar-refractivity contribution in [3.63, 3.8) is 0 Å². The van der Waals surface area contributed by atoms with Crippen LogP contribution >= 0.6 is 0 Å². The second-order valence-corrected chi connectivity index (χ2v) is 8.25. The lowest BCUT2D eigenvalue weighted by Gasteiger charge is -2.38. The van der Waals surface area contributed by atoms with E-state index in [1.807, 2.05) is 30.3 Å². The minimum atomic E-state index is -1.33. The number of alkyl carbamates (subject to hydrolysis) is 2. The molecular weight excluding hydrogens is 376 g/mol. The maximum Gasteiger partial charge on any atom is 0.408 e. The molecule has 0 aliphatic heterocycles. The average Bonchev–Trinajstić information content (AvgIpc) is 2.61. The zero-order chi connectivity index (χ0) is 21.7. The van der Waals surface area contributed by atoms with Gasteiger partial charge in [0.25, 0.3) is 0 Å². The number of ether oxygens (including phenoxy) is 2. The first kappa shape index (κ1) is 22.3. The van der Waals surface area contributed by atoms with Crippen LogP contribution in [0.4, 0.5) is 9.59 Å². The van der Waals surface area contributed by atoms with Crippen LogP contribution in [0.25, 0.3) is 0 Å². The third kappa shape index (κ3) is 6.51. The Hall–Kier alpha value is -3.03. The molecule has 0 heterocycles. The lowest BCUT2D eigenvalue weighted by molar-refractivity contribution is -0.149. The smallest absolute Gasteiger partial charge is 0.408 e. The van der Waals surface area contributed by atoms with Crippen molar-refractivity contribution in [3.05, 3.63) is 48.0 Å². The molecule has 0 aromatic heterocycles. The Balaban J connectivity index is 2.00. The van der Waals surface area contributed by atoms with Gasteiger partial charge < -0.3 is 25.2 Å². The molecule has 3 N–H and O–H groups in total. The van der Waals surface area contributed by atoms with Crippen molar-refractivity contribution in [1.82, 2.24) is 10.6 Å². The molecule has 1 aromatic carbocycles. The molecular formula is C21H28N2O6. The van der Waals surface area contributed by atoms with Gasteiger partial charge in [-0.15, -0.1) is 0 Å². The van der Waals surface area contributed by atoms with Gasteiger partial charge in [0.2, 0.25) is 0 Å². The molecule has 1 aromatic rings. The first-order chi connectivity index (χ1) is 13.5. The molecule has 0 saturated carbocycles. The van der Waals surface area contributed by atoms with E-state index in [0.717, 1.165) is 5.56 Å². The summed E-state index contributed by atoms with van der Waals surface area (Å²) >= 11 is 0. The molecule has 3 atom stereocenters. The molecule has 29 heavy (non-hydrogen) atoms. The summed E-state index contributed by atoms with van der Waals surface area (Å²) in [6.07, 6.45) is 1.95. The third-order valence-corrected chi connectivity index (χ3v) is 4.54. The summed E-state index contributed by atoms with van der Waals surface area (Å²) in [4.78, 5) is 36.1. The Morgan fingerprint density at radius 2 is 1.76 bits per heavy atom. The maximum atomic E-state index is 12.2. The van der Waals surface area contributed by atoms with Gasteiger partial charge in [0, 0.05) is 0 Å². The number of hydrogen-bond acceptors (Lipinski definition) is 5. The van der Waals surface area contributed by atoms with Crippen molar-refractivity contribution in [2.45, 2.75) is 58.4 Å². The quantitative estimate of drug-likeness (QED) is 0.649. The summed E-state index contributed by atoms with van der Waals surface area (Å²) in [5.41, 5.74) is -1.17. The van der Waals surface area contributed by atoms with E-state index in [9.17, 15) is 19.5 Å². The number of aliphatic carboxylic acids is 1. The Bertz CT molecular complexity index is 771. The monoisotopic (exact) mass is 404 g/mol. The largest absolute Gasteiger partial charge is 0.481 e.